The summed E-state index contributed by atoms with van der Waals surface area (Å²) in [6.45, 7) is 5.10. The minimum Gasteiger partial charge on any atom is -0.355 e. The summed E-state index contributed by atoms with van der Waals surface area (Å²) in [6.07, 6.45) is 3.32. The van der Waals surface area contributed by atoms with Crippen LogP contribution in [-0.2, 0) is 11.2 Å². The number of nitrogens with one attached hydrogen (secondary N) is 1. The summed E-state index contributed by atoms with van der Waals surface area (Å²) in [7, 11) is 0. The summed E-state index contributed by atoms with van der Waals surface area (Å²) in [4.78, 5) is 18.5. The Morgan fingerprint density at radius 3 is 3.00 bits per heavy atom. The van der Waals surface area contributed by atoms with Gasteiger partial charge in [-0.05, 0) is 12.8 Å². The van der Waals surface area contributed by atoms with Crippen LogP contribution in [-0.4, -0.2) is 37.1 Å². The number of aromatic nitrogens is 1. The molecule has 2 heterocycles. The van der Waals surface area contributed by atoms with Crippen molar-refractivity contribution in [1.82, 2.24) is 10.3 Å². The van der Waals surface area contributed by atoms with E-state index in [-0.39, 0.29) is 11.8 Å². The van der Waals surface area contributed by atoms with Gasteiger partial charge in [0, 0.05) is 43.9 Å². The molecule has 1 unspecified atom stereocenters. The minimum absolute atomic E-state index is 0.0255. The Hall–Kier alpha value is -1.14. The van der Waals surface area contributed by atoms with E-state index in [1.165, 1.54) is 12.8 Å². The lowest BCUT2D eigenvalue weighted by molar-refractivity contribution is -0.124. The molecule has 1 aliphatic heterocycles. The van der Waals surface area contributed by atoms with Gasteiger partial charge in [0.1, 0.15) is 0 Å². The third-order valence-corrected chi connectivity index (χ3v) is 4.35. The zero-order valence-corrected chi connectivity index (χ0v) is 12.2. The van der Waals surface area contributed by atoms with Crippen molar-refractivity contribution in [2.45, 2.75) is 26.2 Å². The molecule has 1 aromatic heterocycles. The molecule has 1 atom stereocenters. The largest absolute Gasteiger partial charge is 0.355 e. The van der Waals surface area contributed by atoms with Gasteiger partial charge in [0.2, 0.25) is 5.91 Å². The van der Waals surface area contributed by atoms with E-state index in [4.69, 9.17) is 5.73 Å². The highest BCUT2D eigenvalue weighted by atomic mass is 32.1. The van der Waals surface area contributed by atoms with Crippen LogP contribution < -0.4 is 16.0 Å². The van der Waals surface area contributed by atoms with Crippen LogP contribution in [0.2, 0.25) is 0 Å². The van der Waals surface area contributed by atoms with Crippen molar-refractivity contribution in [2.24, 2.45) is 11.7 Å². The van der Waals surface area contributed by atoms with E-state index in [1.54, 1.807) is 11.3 Å². The standard InChI is InChI=1S/C13H22N4OS/c1-10(8-14)12(18)15-5-4-11-9-19-13(16-11)17-6-2-3-7-17/h9-10H,2-8,14H2,1H3,(H,15,18). The highest BCUT2D eigenvalue weighted by molar-refractivity contribution is 7.13. The Bertz CT molecular complexity index is 415. The van der Waals surface area contributed by atoms with Gasteiger partial charge in [0.25, 0.3) is 0 Å². The molecule has 0 bridgehead atoms. The van der Waals surface area contributed by atoms with Crippen molar-refractivity contribution in [2.75, 3.05) is 31.1 Å². The maximum absolute atomic E-state index is 11.6. The summed E-state index contributed by atoms with van der Waals surface area (Å²) in [5, 5.41) is 6.10. The highest BCUT2D eigenvalue weighted by Crippen LogP contribution is 2.24. The van der Waals surface area contributed by atoms with Crippen LogP contribution in [0.3, 0.4) is 0 Å². The Kier molecular flexibility index (Phi) is 5.15. The number of anilines is 1. The van der Waals surface area contributed by atoms with E-state index in [0.29, 0.717) is 13.1 Å². The number of thiazole rings is 1. The number of carbonyl (C=O) groups is 1. The molecule has 1 aromatic rings. The predicted octanol–water partition coefficient (Wildman–Crippen LogP) is 0.997. The SMILES string of the molecule is CC(CN)C(=O)NCCc1csc(N2CCCC2)n1. The fourth-order valence-corrected chi connectivity index (χ4v) is 2.97. The topological polar surface area (TPSA) is 71.2 Å². The van der Waals surface area contributed by atoms with Crippen LogP contribution in [0.15, 0.2) is 5.38 Å². The summed E-state index contributed by atoms with van der Waals surface area (Å²) < 4.78 is 0. The molecule has 5 nitrogen and oxygen atoms in total. The molecule has 0 saturated carbocycles. The van der Waals surface area contributed by atoms with Crippen LogP contribution in [0.1, 0.15) is 25.5 Å². The summed E-state index contributed by atoms with van der Waals surface area (Å²) in [5.41, 5.74) is 6.51. The van der Waals surface area contributed by atoms with Gasteiger partial charge >= 0.3 is 0 Å². The Labute approximate surface area is 118 Å². The van der Waals surface area contributed by atoms with Gasteiger partial charge in [0.15, 0.2) is 5.13 Å². The van der Waals surface area contributed by atoms with Gasteiger partial charge < -0.3 is 16.0 Å². The summed E-state index contributed by atoms with van der Waals surface area (Å²) >= 11 is 1.70. The first-order valence-corrected chi connectivity index (χ1v) is 7.76. The molecule has 19 heavy (non-hydrogen) atoms. The summed E-state index contributed by atoms with van der Waals surface area (Å²) in [6, 6.07) is 0. The van der Waals surface area contributed by atoms with E-state index in [1.807, 2.05) is 6.92 Å². The average molecular weight is 282 g/mol. The van der Waals surface area contributed by atoms with Crippen LogP contribution in [0.25, 0.3) is 0 Å². The molecule has 0 aromatic carbocycles. The van der Waals surface area contributed by atoms with E-state index in [0.717, 1.165) is 30.3 Å². The molecule has 106 valence electrons. The van der Waals surface area contributed by atoms with Crippen LogP contribution in [0.5, 0.6) is 0 Å². The zero-order valence-electron chi connectivity index (χ0n) is 11.4. The van der Waals surface area contributed by atoms with Crippen molar-refractivity contribution >= 4 is 22.4 Å². The first-order chi connectivity index (χ1) is 9.20. The first kappa shape index (κ1) is 14.3. The molecular weight excluding hydrogens is 260 g/mol. The number of nitrogens with two attached hydrogens (primary N) is 1. The lowest BCUT2D eigenvalue weighted by Gasteiger charge is -2.12. The normalized spacial score (nSPS) is 16.6. The maximum Gasteiger partial charge on any atom is 0.224 e. The number of rotatable bonds is 6. The summed E-state index contributed by atoms with van der Waals surface area (Å²) in [5.74, 6) is -0.0897. The van der Waals surface area contributed by atoms with Gasteiger partial charge in [-0.15, -0.1) is 11.3 Å². The molecule has 0 aliphatic carbocycles. The van der Waals surface area contributed by atoms with Gasteiger partial charge in [-0.1, -0.05) is 6.92 Å². The van der Waals surface area contributed by atoms with Crippen molar-refractivity contribution in [3.63, 3.8) is 0 Å². The second-order valence-electron chi connectivity index (χ2n) is 4.99. The monoisotopic (exact) mass is 282 g/mol. The van der Waals surface area contributed by atoms with E-state index < -0.39 is 0 Å². The fourth-order valence-electron chi connectivity index (χ4n) is 2.06. The number of nitrogens with zero attached hydrogens (tertiary/aromatic N) is 2. The minimum atomic E-state index is -0.115. The van der Waals surface area contributed by atoms with Crippen LogP contribution in [0.4, 0.5) is 5.13 Å². The zero-order chi connectivity index (χ0) is 13.7. The Morgan fingerprint density at radius 2 is 2.32 bits per heavy atom. The quantitative estimate of drug-likeness (QED) is 0.816. The lowest BCUT2D eigenvalue weighted by Crippen LogP contribution is -2.34. The number of amides is 1. The molecule has 6 heteroatoms. The van der Waals surface area contributed by atoms with E-state index in [9.17, 15) is 4.79 Å². The fraction of sp³-hybridized carbons (Fsp3) is 0.692. The van der Waals surface area contributed by atoms with Gasteiger partial charge in [0.05, 0.1) is 5.69 Å². The molecule has 0 radical (unpaired) electrons. The molecule has 1 aliphatic rings. The molecular formula is C13H22N4OS. The van der Waals surface area contributed by atoms with Crippen LogP contribution in [0, 0.1) is 5.92 Å². The van der Waals surface area contributed by atoms with E-state index >= 15 is 0 Å². The highest BCUT2D eigenvalue weighted by Gasteiger charge is 2.15. The smallest absolute Gasteiger partial charge is 0.224 e. The Balaban J connectivity index is 1.75. The van der Waals surface area contributed by atoms with Gasteiger partial charge in [-0.3, -0.25) is 4.79 Å². The predicted molar refractivity (Wildman–Crippen MR) is 78.5 cm³/mol. The second kappa shape index (κ2) is 6.86. The number of carbonyl (C=O) groups excluding carboxylic acids is 1. The Morgan fingerprint density at radius 1 is 1.58 bits per heavy atom. The lowest BCUT2D eigenvalue weighted by atomic mass is 10.1. The van der Waals surface area contributed by atoms with Gasteiger partial charge in [-0.25, -0.2) is 4.98 Å². The first-order valence-electron chi connectivity index (χ1n) is 6.88. The second-order valence-corrected chi connectivity index (χ2v) is 5.83. The average Bonchev–Trinajstić information content (AvgIpc) is 3.07. The third-order valence-electron chi connectivity index (χ3n) is 3.40. The van der Waals surface area contributed by atoms with Crippen molar-refractivity contribution in [3.8, 4) is 0 Å². The molecule has 1 fully saturated rings. The van der Waals surface area contributed by atoms with Crippen molar-refractivity contribution in [3.05, 3.63) is 11.1 Å². The number of hydrogen-bond donors (Lipinski definition) is 2. The molecule has 2 rings (SSSR count). The molecule has 3 N–H and O–H groups in total. The maximum atomic E-state index is 11.6. The molecule has 1 amide bonds. The van der Waals surface area contributed by atoms with Gasteiger partial charge in [-0.2, -0.15) is 0 Å². The molecule has 0 spiro atoms. The van der Waals surface area contributed by atoms with Crippen molar-refractivity contribution < 1.29 is 4.79 Å². The molecule has 1 saturated heterocycles. The van der Waals surface area contributed by atoms with Crippen LogP contribution >= 0.6 is 11.3 Å². The van der Waals surface area contributed by atoms with E-state index in [2.05, 4.69) is 20.6 Å². The third kappa shape index (κ3) is 3.91. The number of hydrogen-bond acceptors (Lipinski definition) is 5. The van der Waals surface area contributed by atoms with Crippen molar-refractivity contribution in [1.29, 1.82) is 0 Å².